The Morgan fingerprint density at radius 1 is 0.850 bits per heavy atom. The molecule has 0 radical (unpaired) electrons. The van der Waals surface area contributed by atoms with Crippen LogP contribution in [0, 0.1) is 0 Å². The molecule has 1 atom stereocenters. The van der Waals surface area contributed by atoms with Gasteiger partial charge >= 0.3 is 0 Å². The van der Waals surface area contributed by atoms with Crippen molar-refractivity contribution in [1.82, 2.24) is 5.32 Å². The molecule has 0 spiro atoms. The number of amides is 1. The van der Waals surface area contributed by atoms with Gasteiger partial charge in [0.25, 0.3) is 5.91 Å². The Hall–Kier alpha value is -2.09. The highest BCUT2D eigenvalue weighted by atomic mass is 16.1. The summed E-state index contributed by atoms with van der Waals surface area (Å²) in [5.41, 5.74) is 3.06. The number of carbonyl (C=O) groups is 1. The molecule has 0 aliphatic heterocycles. The first-order valence-corrected chi connectivity index (χ1v) is 7.03. The van der Waals surface area contributed by atoms with Crippen molar-refractivity contribution in [2.24, 2.45) is 0 Å². The topological polar surface area (TPSA) is 29.1 Å². The SMILES string of the molecule is CC(C)c1ccc(C(=O)NC(C)c2ccccc2)cc1. The standard InChI is InChI=1S/C18H21NO/c1-13(2)15-9-11-17(12-10-15)18(20)19-14(3)16-7-5-4-6-8-16/h4-14H,1-3H3,(H,19,20). The first-order chi connectivity index (χ1) is 9.58. The molecule has 0 aliphatic rings. The lowest BCUT2D eigenvalue weighted by atomic mass is 10.0. The average Bonchev–Trinajstić information content (AvgIpc) is 2.48. The number of hydrogen-bond acceptors (Lipinski definition) is 1. The number of carbonyl (C=O) groups excluding carboxylic acids is 1. The molecule has 0 aliphatic carbocycles. The van der Waals surface area contributed by atoms with E-state index in [2.05, 4.69) is 19.2 Å². The molecule has 1 unspecified atom stereocenters. The lowest BCUT2D eigenvalue weighted by molar-refractivity contribution is 0.0940. The van der Waals surface area contributed by atoms with Crippen LogP contribution in [0.1, 0.15) is 54.2 Å². The van der Waals surface area contributed by atoms with E-state index < -0.39 is 0 Å². The molecule has 0 heterocycles. The quantitative estimate of drug-likeness (QED) is 0.879. The molecule has 2 heteroatoms. The smallest absolute Gasteiger partial charge is 0.251 e. The zero-order chi connectivity index (χ0) is 14.5. The molecule has 1 amide bonds. The van der Waals surface area contributed by atoms with Gasteiger partial charge in [-0.25, -0.2) is 0 Å². The van der Waals surface area contributed by atoms with Crippen molar-refractivity contribution in [3.63, 3.8) is 0 Å². The molecule has 0 saturated heterocycles. The van der Waals surface area contributed by atoms with Crippen LogP contribution in [0.5, 0.6) is 0 Å². The van der Waals surface area contributed by atoms with Crippen molar-refractivity contribution in [2.45, 2.75) is 32.7 Å². The van der Waals surface area contributed by atoms with Gasteiger partial charge in [0, 0.05) is 5.56 Å². The first kappa shape index (κ1) is 14.3. The Morgan fingerprint density at radius 2 is 1.45 bits per heavy atom. The number of hydrogen-bond donors (Lipinski definition) is 1. The predicted octanol–water partition coefficient (Wildman–Crippen LogP) is 4.30. The maximum atomic E-state index is 12.2. The van der Waals surface area contributed by atoms with Crippen LogP contribution in [0.2, 0.25) is 0 Å². The molecule has 2 rings (SSSR count). The van der Waals surface area contributed by atoms with Gasteiger partial charge in [0.1, 0.15) is 0 Å². The van der Waals surface area contributed by atoms with Gasteiger partial charge in [0.2, 0.25) is 0 Å². The second kappa shape index (κ2) is 6.38. The van der Waals surface area contributed by atoms with E-state index in [0.29, 0.717) is 11.5 Å². The summed E-state index contributed by atoms with van der Waals surface area (Å²) in [6, 6.07) is 17.8. The van der Waals surface area contributed by atoms with E-state index in [1.807, 2.05) is 61.5 Å². The third-order valence-electron chi connectivity index (χ3n) is 3.49. The zero-order valence-electron chi connectivity index (χ0n) is 12.3. The van der Waals surface area contributed by atoms with Crippen molar-refractivity contribution < 1.29 is 4.79 Å². The third kappa shape index (κ3) is 3.47. The van der Waals surface area contributed by atoms with Crippen LogP contribution >= 0.6 is 0 Å². The lowest BCUT2D eigenvalue weighted by Crippen LogP contribution is -2.26. The fourth-order valence-electron chi connectivity index (χ4n) is 2.12. The van der Waals surface area contributed by atoms with Crippen LogP contribution in [0.3, 0.4) is 0 Å². The normalized spacial score (nSPS) is 12.2. The number of benzene rings is 2. The van der Waals surface area contributed by atoms with E-state index >= 15 is 0 Å². The van der Waals surface area contributed by atoms with Crippen molar-refractivity contribution >= 4 is 5.91 Å². The fraction of sp³-hybridized carbons (Fsp3) is 0.278. The summed E-state index contributed by atoms with van der Waals surface area (Å²) >= 11 is 0. The van der Waals surface area contributed by atoms with Crippen molar-refractivity contribution in [2.75, 3.05) is 0 Å². The van der Waals surface area contributed by atoms with Crippen LogP contribution in [0.25, 0.3) is 0 Å². The summed E-state index contributed by atoms with van der Waals surface area (Å²) in [5, 5.41) is 3.02. The molecule has 20 heavy (non-hydrogen) atoms. The molecule has 2 nitrogen and oxygen atoms in total. The first-order valence-electron chi connectivity index (χ1n) is 7.03. The Balaban J connectivity index is 2.05. The van der Waals surface area contributed by atoms with E-state index in [0.717, 1.165) is 5.56 Å². The van der Waals surface area contributed by atoms with E-state index in [1.165, 1.54) is 5.56 Å². The molecule has 0 fully saturated rings. The van der Waals surface area contributed by atoms with Gasteiger partial charge in [-0.2, -0.15) is 0 Å². The highest BCUT2D eigenvalue weighted by Gasteiger charge is 2.11. The monoisotopic (exact) mass is 267 g/mol. The van der Waals surface area contributed by atoms with Crippen LogP contribution < -0.4 is 5.32 Å². The van der Waals surface area contributed by atoms with Crippen LogP contribution in [0.4, 0.5) is 0 Å². The minimum Gasteiger partial charge on any atom is -0.346 e. The predicted molar refractivity (Wildman–Crippen MR) is 82.9 cm³/mol. The Kier molecular flexibility index (Phi) is 4.57. The fourth-order valence-corrected chi connectivity index (χ4v) is 2.12. The number of rotatable bonds is 4. The maximum Gasteiger partial charge on any atom is 0.251 e. The minimum absolute atomic E-state index is 0.00785. The molecular weight excluding hydrogens is 246 g/mol. The summed E-state index contributed by atoms with van der Waals surface area (Å²) in [6.45, 7) is 6.29. The van der Waals surface area contributed by atoms with E-state index in [9.17, 15) is 4.79 Å². The summed E-state index contributed by atoms with van der Waals surface area (Å²) in [5.74, 6) is 0.451. The average molecular weight is 267 g/mol. The second-order valence-corrected chi connectivity index (χ2v) is 5.38. The number of nitrogens with one attached hydrogen (secondary N) is 1. The molecule has 1 N–H and O–H groups in total. The van der Waals surface area contributed by atoms with Crippen molar-refractivity contribution in [3.8, 4) is 0 Å². The minimum atomic E-state index is -0.0309. The van der Waals surface area contributed by atoms with Gasteiger partial charge in [-0.05, 0) is 36.1 Å². The molecule has 0 saturated carbocycles. The Morgan fingerprint density at radius 3 is 2.00 bits per heavy atom. The van der Waals surface area contributed by atoms with Crippen molar-refractivity contribution in [1.29, 1.82) is 0 Å². The van der Waals surface area contributed by atoms with Gasteiger partial charge in [-0.1, -0.05) is 56.3 Å². The third-order valence-corrected chi connectivity index (χ3v) is 3.49. The Labute approximate surface area is 120 Å². The van der Waals surface area contributed by atoms with Crippen LogP contribution in [-0.2, 0) is 0 Å². The van der Waals surface area contributed by atoms with Crippen LogP contribution in [0.15, 0.2) is 54.6 Å². The lowest BCUT2D eigenvalue weighted by Gasteiger charge is -2.14. The van der Waals surface area contributed by atoms with Crippen molar-refractivity contribution in [3.05, 3.63) is 71.3 Å². The summed E-state index contributed by atoms with van der Waals surface area (Å²) in [4.78, 5) is 12.2. The van der Waals surface area contributed by atoms with Crippen LogP contribution in [-0.4, -0.2) is 5.91 Å². The molecule has 0 bridgehead atoms. The molecule has 104 valence electrons. The van der Waals surface area contributed by atoms with Gasteiger partial charge in [0.05, 0.1) is 6.04 Å². The highest BCUT2D eigenvalue weighted by molar-refractivity contribution is 5.94. The van der Waals surface area contributed by atoms with Gasteiger partial charge in [-0.15, -0.1) is 0 Å². The largest absolute Gasteiger partial charge is 0.346 e. The molecule has 2 aromatic rings. The Bertz CT molecular complexity index is 558. The van der Waals surface area contributed by atoms with E-state index in [4.69, 9.17) is 0 Å². The summed E-state index contributed by atoms with van der Waals surface area (Å²) < 4.78 is 0. The maximum absolute atomic E-state index is 12.2. The highest BCUT2D eigenvalue weighted by Crippen LogP contribution is 2.16. The van der Waals surface area contributed by atoms with E-state index in [-0.39, 0.29) is 11.9 Å². The summed E-state index contributed by atoms with van der Waals surface area (Å²) in [6.07, 6.45) is 0. The zero-order valence-corrected chi connectivity index (χ0v) is 12.3. The molecular formula is C18H21NO. The van der Waals surface area contributed by atoms with Gasteiger partial charge in [0.15, 0.2) is 0 Å². The second-order valence-electron chi connectivity index (χ2n) is 5.38. The van der Waals surface area contributed by atoms with E-state index in [1.54, 1.807) is 0 Å². The molecule has 0 aromatic heterocycles. The summed E-state index contributed by atoms with van der Waals surface area (Å²) in [7, 11) is 0. The van der Waals surface area contributed by atoms with Gasteiger partial charge in [-0.3, -0.25) is 4.79 Å². The van der Waals surface area contributed by atoms with Gasteiger partial charge < -0.3 is 5.32 Å². The molecule has 2 aromatic carbocycles.